The first-order valence-corrected chi connectivity index (χ1v) is 5.11. The molecule has 0 nitrogen and oxygen atoms in total. The van der Waals surface area contributed by atoms with Crippen LogP contribution in [-0.4, -0.2) is 0 Å². The van der Waals surface area contributed by atoms with Crippen molar-refractivity contribution >= 4 is 0 Å². The van der Waals surface area contributed by atoms with Gasteiger partial charge in [0.25, 0.3) is 0 Å². The molecule has 0 saturated heterocycles. The summed E-state index contributed by atoms with van der Waals surface area (Å²) < 4.78 is 0. The topological polar surface area (TPSA) is 0 Å². The lowest BCUT2D eigenvalue weighted by atomic mass is 10.3. The summed E-state index contributed by atoms with van der Waals surface area (Å²) >= 11 is 0. The predicted octanol–water partition coefficient (Wildman–Crippen LogP) is 5.14. The van der Waals surface area contributed by atoms with E-state index >= 15 is 0 Å². The molecule has 0 spiro atoms. The summed E-state index contributed by atoms with van der Waals surface area (Å²) in [7, 11) is 0. The second-order valence-corrected chi connectivity index (χ2v) is 2.57. The van der Waals surface area contributed by atoms with Gasteiger partial charge in [-0.25, -0.2) is 0 Å². The Morgan fingerprint density at radius 1 is 1.08 bits per heavy atom. The highest BCUT2D eigenvalue weighted by Gasteiger charge is 1.66. The molecule has 0 aliphatic carbocycles. The van der Waals surface area contributed by atoms with E-state index in [1.54, 1.807) is 6.08 Å². The minimum Gasteiger partial charge on any atom is -0.0991 e. The summed E-state index contributed by atoms with van der Waals surface area (Å²) in [6.07, 6.45) is 8.94. The fraction of sp³-hybridized carbons (Fsp3) is 0.538. The van der Waals surface area contributed by atoms with E-state index in [4.69, 9.17) is 0 Å². The van der Waals surface area contributed by atoms with E-state index in [-0.39, 0.29) is 0 Å². The highest BCUT2D eigenvalue weighted by molar-refractivity contribution is 5.12. The van der Waals surface area contributed by atoms with E-state index in [2.05, 4.69) is 34.3 Å². The number of hydrogen-bond donors (Lipinski definition) is 0. The molecule has 78 valence electrons. The van der Waals surface area contributed by atoms with Gasteiger partial charge in [-0.1, -0.05) is 70.6 Å². The molecule has 13 heavy (non-hydrogen) atoms. The molecule has 0 aromatic heterocycles. The molecule has 0 bridgehead atoms. The zero-order valence-electron chi connectivity index (χ0n) is 10.2. The summed E-state index contributed by atoms with van der Waals surface area (Å²) in [6, 6.07) is 0. The Kier molecular flexibility index (Phi) is 31.3. The Labute approximate surface area is 85.1 Å². The third-order valence-corrected chi connectivity index (χ3v) is 0.677. The van der Waals surface area contributed by atoms with Gasteiger partial charge in [-0.3, -0.25) is 0 Å². The molecule has 0 heteroatoms. The molecule has 0 aliphatic rings. The van der Waals surface area contributed by atoms with E-state index < -0.39 is 0 Å². The lowest BCUT2D eigenvalue weighted by Gasteiger charge is -1.78. The van der Waals surface area contributed by atoms with Crippen molar-refractivity contribution in [1.82, 2.24) is 0 Å². The highest BCUT2D eigenvalue weighted by Crippen LogP contribution is 1.87. The standard InChI is InChI=1S/C8H12.C3H8.C2H6/c1-4-5-6-7-8(2)3;1-3-2;1-2/h4-7H,1H2,2-3H3;3H2,1-2H3;1-2H3/b6-5-;;. The third kappa shape index (κ3) is 53.6. The van der Waals surface area contributed by atoms with Gasteiger partial charge in [0, 0.05) is 0 Å². The van der Waals surface area contributed by atoms with Crippen LogP contribution in [0.4, 0.5) is 0 Å². The fourth-order valence-corrected chi connectivity index (χ4v) is 0.327. The van der Waals surface area contributed by atoms with Gasteiger partial charge in [0.05, 0.1) is 0 Å². The summed E-state index contributed by atoms with van der Waals surface area (Å²) in [4.78, 5) is 0. The molecule has 0 aliphatic heterocycles. The smallest absolute Gasteiger partial charge is 0.0439 e. The number of rotatable bonds is 2. The minimum absolute atomic E-state index is 1.25. The number of hydrogen-bond acceptors (Lipinski definition) is 0. The lowest BCUT2D eigenvalue weighted by Crippen LogP contribution is -1.56. The molecular weight excluding hydrogens is 156 g/mol. The fourth-order valence-electron chi connectivity index (χ4n) is 0.327. The van der Waals surface area contributed by atoms with Crippen LogP contribution in [0.15, 0.2) is 36.5 Å². The summed E-state index contributed by atoms with van der Waals surface area (Å²) in [6.45, 7) is 15.9. The van der Waals surface area contributed by atoms with E-state index in [0.29, 0.717) is 0 Å². The monoisotopic (exact) mass is 182 g/mol. The van der Waals surface area contributed by atoms with Crippen LogP contribution in [-0.2, 0) is 0 Å². The van der Waals surface area contributed by atoms with E-state index in [1.807, 2.05) is 32.1 Å². The maximum Gasteiger partial charge on any atom is -0.0439 e. The van der Waals surface area contributed by atoms with Gasteiger partial charge < -0.3 is 0 Å². The van der Waals surface area contributed by atoms with E-state index in [0.717, 1.165) is 0 Å². The molecule has 0 fully saturated rings. The molecule has 0 N–H and O–H groups in total. The zero-order chi connectivity index (χ0) is 11.1. The first-order valence-electron chi connectivity index (χ1n) is 5.11. The Morgan fingerprint density at radius 3 is 1.69 bits per heavy atom. The van der Waals surface area contributed by atoms with Gasteiger partial charge in [0.15, 0.2) is 0 Å². The van der Waals surface area contributed by atoms with E-state index in [9.17, 15) is 0 Å². The average molecular weight is 182 g/mol. The zero-order valence-corrected chi connectivity index (χ0v) is 10.2. The van der Waals surface area contributed by atoms with Gasteiger partial charge in [0.1, 0.15) is 0 Å². The van der Waals surface area contributed by atoms with Crippen molar-refractivity contribution in [3.63, 3.8) is 0 Å². The summed E-state index contributed by atoms with van der Waals surface area (Å²) in [5, 5.41) is 0. The summed E-state index contributed by atoms with van der Waals surface area (Å²) in [5.74, 6) is 0. The van der Waals surface area contributed by atoms with Crippen LogP contribution in [0, 0.1) is 0 Å². The van der Waals surface area contributed by atoms with Gasteiger partial charge in [-0.15, -0.1) is 0 Å². The molecule has 0 rings (SSSR count). The van der Waals surface area contributed by atoms with Crippen LogP contribution in [0.3, 0.4) is 0 Å². The predicted molar refractivity (Wildman–Crippen MR) is 66.1 cm³/mol. The molecule has 0 radical (unpaired) electrons. The van der Waals surface area contributed by atoms with Crippen LogP contribution in [0.5, 0.6) is 0 Å². The van der Waals surface area contributed by atoms with Crippen molar-refractivity contribution in [1.29, 1.82) is 0 Å². The average Bonchev–Trinajstić information content (AvgIpc) is 2.09. The van der Waals surface area contributed by atoms with Crippen LogP contribution < -0.4 is 0 Å². The molecular formula is C13H26. The lowest BCUT2D eigenvalue weighted by molar-refractivity contribution is 1.09. The van der Waals surface area contributed by atoms with Gasteiger partial charge >= 0.3 is 0 Å². The number of allylic oxidation sites excluding steroid dienone is 5. The SMILES string of the molecule is C=C/C=C\C=C(C)C.CC.CCC. The Bertz CT molecular complexity index is 123. The molecule has 0 heterocycles. The Balaban J connectivity index is -0.000000169. The Morgan fingerprint density at radius 2 is 1.46 bits per heavy atom. The van der Waals surface area contributed by atoms with Gasteiger partial charge in [-0.05, 0) is 13.8 Å². The summed E-state index contributed by atoms with van der Waals surface area (Å²) in [5.41, 5.74) is 1.31. The maximum absolute atomic E-state index is 3.54. The van der Waals surface area contributed by atoms with Crippen molar-refractivity contribution in [2.75, 3.05) is 0 Å². The van der Waals surface area contributed by atoms with Gasteiger partial charge in [-0.2, -0.15) is 0 Å². The largest absolute Gasteiger partial charge is 0.0991 e. The van der Waals surface area contributed by atoms with Crippen molar-refractivity contribution in [3.8, 4) is 0 Å². The molecule has 0 atom stereocenters. The minimum atomic E-state index is 1.25. The quantitative estimate of drug-likeness (QED) is 0.519. The van der Waals surface area contributed by atoms with Crippen molar-refractivity contribution < 1.29 is 0 Å². The van der Waals surface area contributed by atoms with Crippen molar-refractivity contribution in [2.24, 2.45) is 0 Å². The van der Waals surface area contributed by atoms with Crippen LogP contribution in [0.25, 0.3) is 0 Å². The molecule has 0 aromatic rings. The second-order valence-electron chi connectivity index (χ2n) is 2.57. The van der Waals surface area contributed by atoms with Crippen LogP contribution in [0.1, 0.15) is 48.0 Å². The molecule has 0 saturated carbocycles. The van der Waals surface area contributed by atoms with E-state index in [1.165, 1.54) is 12.0 Å². The van der Waals surface area contributed by atoms with Gasteiger partial charge in [0.2, 0.25) is 0 Å². The first-order chi connectivity index (χ1) is 6.18. The molecule has 0 aromatic carbocycles. The maximum atomic E-state index is 3.54. The molecule has 0 unspecified atom stereocenters. The van der Waals surface area contributed by atoms with Crippen molar-refractivity contribution in [3.05, 3.63) is 36.5 Å². The normalized spacial score (nSPS) is 7.54. The Hall–Kier alpha value is -0.780. The van der Waals surface area contributed by atoms with Crippen molar-refractivity contribution in [2.45, 2.75) is 48.0 Å². The van der Waals surface area contributed by atoms with Crippen LogP contribution >= 0.6 is 0 Å². The third-order valence-electron chi connectivity index (χ3n) is 0.677. The highest BCUT2D eigenvalue weighted by atomic mass is 13.7. The molecule has 0 amide bonds. The second kappa shape index (κ2) is 22.5. The first kappa shape index (κ1) is 18.1. The van der Waals surface area contributed by atoms with Crippen LogP contribution in [0.2, 0.25) is 0 Å².